The first kappa shape index (κ1) is 17.0. The Balaban J connectivity index is 1.80. The van der Waals surface area contributed by atoms with Gasteiger partial charge >= 0.3 is 0 Å². The number of rotatable bonds is 6. The van der Waals surface area contributed by atoms with E-state index in [0.717, 1.165) is 19.4 Å². The fraction of sp³-hybridized carbons (Fsp3) is 0.471. The fourth-order valence-electron chi connectivity index (χ4n) is 2.50. The van der Waals surface area contributed by atoms with Crippen molar-refractivity contribution >= 4 is 17.5 Å². The average molecular weight is 315 g/mol. The molecule has 23 heavy (non-hydrogen) atoms. The minimum atomic E-state index is -0.159. The van der Waals surface area contributed by atoms with Crippen LogP contribution in [0.25, 0.3) is 0 Å². The highest BCUT2D eigenvalue weighted by Crippen LogP contribution is 2.14. The summed E-state index contributed by atoms with van der Waals surface area (Å²) in [5.74, 6) is -0.208. The molecule has 1 saturated heterocycles. The molecule has 1 N–H and O–H groups in total. The van der Waals surface area contributed by atoms with E-state index in [-0.39, 0.29) is 24.3 Å². The summed E-state index contributed by atoms with van der Waals surface area (Å²) in [5.41, 5.74) is 1.19. The van der Waals surface area contributed by atoms with Gasteiger partial charge in [-0.15, -0.1) is 0 Å². The molecule has 2 amide bonds. The number of nitriles is 1. The molecule has 2 rings (SSSR count). The second-order valence-electron chi connectivity index (χ2n) is 5.59. The maximum absolute atomic E-state index is 12.0. The second-order valence-corrected chi connectivity index (χ2v) is 5.59. The average Bonchev–Trinajstić information content (AvgIpc) is 3.05. The van der Waals surface area contributed by atoms with E-state index < -0.39 is 0 Å². The minimum Gasteiger partial charge on any atom is -0.376 e. The molecule has 0 bridgehead atoms. The first-order valence-corrected chi connectivity index (χ1v) is 7.75. The van der Waals surface area contributed by atoms with Gasteiger partial charge in [0.25, 0.3) is 0 Å². The maximum atomic E-state index is 12.0. The molecule has 0 aromatic heterocycles. The lowest BCUT2D eigenvalue weighted by Crippen LogP contribution is -2.37. The third-order valence-corrected chi connectivity index (χ3v) is 3.80. The number of hydrogen-bond donors (Lipinski definition) is 1. The van der Waals surface area contributed by atoms with Crippen molar-refractivity contribution in [3.8, 4) is 6.07 Å². The molecule has 0 radical (unpaired) electrons. The van der Waals surface area contributed by atoms with Gasteiger partial charge in [-0.2, -0.15) is 5.26 Å². The van der Waals surface area contributed by atoms with E-state index >= 15 is 0 Å². The molecule has 0 spiro atoms. The van der Waals surface area contributed by atoms with E-state index in [9.17, 15) is 9.59 Å². The zero-order chi connectivity index (χ0) is 16.7. The van der Waals surface area contributed by atoms with Crippen LogP contribution in [-0.2, 0) is 14.3 Å². The summed E-state index contributed by atoms with van der Waals surface area (Å²) in [6.07, 6.45) is 2.30. The van der Waals surface area contributed by atoms with Gasteiger partial charge in [0.1, 0.15) is 0 Å². The molecule has 1 heterocycles. The van der Waals surface area contributed by atoms with Gasteiger partial charge in [0.2, 0.25) is 11.8 Å². The van der Waals surface area contributed by atoms with Crippen LogP contribution in [-0.4, -0.2) is 42.5 Å². The van der Waals surface area contributed by atoms with E-state index in [1.54, 1.807) is 29.2 Å². The van der Waals surface area contributed by atoms with Crippen molar-refractivity contribution < 1.29 is 14.3 Å². The Morgan fingerprint density at radius 1 is 1.39 bits per heavy atom. The molecule has 1 aliphatic rings. The Bertz CT molecular complexity index is 586. The molecule has 1 atom stereocenters. The summed E-state index contributed by atoms with van der Waals surface area (Å²) in [6, 6.07) is 8.69. The van der Waals surface area contributed by atoms with Crippen LogP contribution in [0.5, 0.6) is 0 Å². The number of hydrogen-bond acceptors (Lipinski definition) is 4. The Kier molecular flexibility index (Phi) is 6.12. The highest BCUT2D eigenvalue weighted by molar-refractivity contribution is 5.91. The first-order chi connectivity index (χ1) is 11.1. The molecule has 0 saturated carbocycles. The molecule has 1 unspecified atom stereocenters. The number of anilines is 1. The summed E-state index contributed by atoms with van der Waals surface area (Å²) in [6.45, 7) is 3.17. The van der Waals surface area contributed by atoms with Crippen LogP contribution in [0.4, 0.5) is 5.69 Å². The Morgan fingerprint density at radius 2 is 2.13 bits per heavy atom. The summed E-state index contributed by atoms with van der Waals surface area (Å²) >= 11 is 0. The van der Waals surface area contributed by atoms with Crippen LogP contribution in [0, 0.1) is 11.3 Å². The highest BCUT2D eigenvalue weighted by atomic mass is 16.5. The van der Waals surface area contributed by atoms with Gasteiger partial charge in [0.05, 0.1) is 17.7 Å². The molecule has 1 aliphatic heterocycles. The van der Waals surface area contributed by atoms with Gasteiger partial charge in [-0.3, -0.25) is 9.59 Å². The van der Waals surface area contributed by atoms with Gasteiger partial charge < -0.3 is 15.0 Å². The maximum Gasteiger partial charge on any atom is 0.226 e. The second kappa shape index (κ2) is 8.30. The number of ether oxygens (including phenoxy) is 1. The molecule has 6 heteroatoms. The topological polar surface area (TPSA) is 82.4 Å². The molecule has 1 fully saturated rings. The summed E-state index contributed by atoms with van der Waals surface area (Å²) in [7, 11) is 0. The SMILES string of the molecule is CC(=O)N(CCC(=O)Nc1ccc(C#N)cc1)CC1CCCO1. The van der Waals surface area contributed by atoms with Crippen LogP contribution in [0.1, 0.15) is 31.7 Å². The Labute approximate surface area is 136 Å². The fourth-order valence-corrected chi connectivity index (χ4v) is 2.50. The predicted octanol–water partition coefficient (Wildman–Crippen LogP) is 1.91. The molecular formula is C17H21N3O3. The molecular weight excluding hydrogens is 294 g/mol. The summed E-state index contributed by atoms with van der Waals surface area (Å²) < 4.78 is 5.54. The number of nitrogens with one attached hydrogen (secondary N) is 1. The number of nitrogens with zero attached hydrogens (tertiary/aromatic N) is 2. The van der Waals surface area contributed by atoms with Crippen molar-refractivity contribution in [3.63, 3.8) is 0 Å². The van der Waals surface area contributed by atoms with Crippen molar-refractivity contribution in [2.75, 3.05) is 25.0 Å². The van der Waals surface area contributed by atoms with Gasteiger partial charge in [-0.1, -0.05) is 0 Å². The standard InChI is InChI=1S/C17H21N3O3/c1-13(21)20(12-16-3-2-10-23-16)9-8-17(22)19-15-6-4-14(11-18)5-7-15/h4-7,16H,2-3,8-10,12H2,1H3,(H,19,22). The van der Waals surface area contributed by atoms with Crippen LogP contribution in [0.15, 0.2) is 24.3 Å². The largest absolute Gasteiger partial charge is 0.376 e. The van der Waals surface area contributed by atoms with E-state index in [2.05, 4.69) is 5.32 Å². The third-order valence-electron chi connectivity index (χ3n) is 3.80. The number of carbonyl (C=O) groups is 2. The van der Waals surface area contributed by atoms with Crippen LogP contribution >= 0.6 is 0 Å². The lowest BCUT2D eigenvalue weighted by Gasteiger charge is -2.23. The number of carbonyl (C=O) groups excluding carboxylic acids is 2. The number of benzene rings is 1. The van der Waals surface area contributed by atoms with Crippen molar-refractivity contribution in [2.45, 2.75) is 32.3 Å². The Morgan fingerprint density at radius 3 is 2.70 bits per heavy atom. The van der Waals surface area contributed by atoms with E-state index in [1.807, 2.05) is 6.07 Å². The van der Waals surface area contributed by atoms with Crippen LogP contribution in [0.2, 0.25) is 0 Å². The van der Waals surface area contributed by atoms with Crippen molar-refractivity contribution in [1.82, 2.24) is 4.90 Å². The van der Waals surface area contributed by atoms with Gasteiger partial charge in [-0.05, 0) is 37.1 Å². The number of amides is 2. The van der Waals surface area contributed by atoms with E-state index in [0.29, 0.717) is 24.3 Å². The zero-order valence-corrected chi connectivity index (χ0v) is 13.2. The summed E-state index contributed by atoms with van der Waals surface area (Å²) in [4.78, 5) is 25.3. The third kappa shape index (κ3) is 5.38. The van der Waals surface area contributed by atoms with E-state index in [4.69, 9.17) is 10.00 Å². The Hall–Kier alpha value is -2.39. The molecule has 1 aromatic rings. The van der Waals surface area contributed by atoms with Crippen LogP contribution < -0.4 is 5.32 Å². The molecule has 0 aliphatic carbocycles. The first-order valence-electron chi connectivity index (χ1n) is 7.75. The molecule has 1 aromatic carbocycles. The zero-order valence-electron chi connectivity index (χ0n) is 13.2. The highest BCUT2D eigenvalue weighted by Gasteiger charge is 2.21. The van der Waals surface area contributed by atoms with Crippen molar-refractivity contribution in [2.24, 2.45) is 0 Å². The van der Waals surface area contributed by atoms with Gasteiger partial charge in [-0.25, -0.2) is 0 Å². The molecule has 122 valence electrons. The molecule has 6 nitrogen and oxygen atoms in total. The van der Waals surface area contributed by atoms with Crippen LogP contribution in [0.3, 0.4) is 0 Å². The minimum absolute atomic E-state index is 0.0494. The lowest BCUT2D eigenvalue weighted by atomic mass is 10.2. The van der Waals surface area contributed by atoms with Crippen molar-refractivity contribution in [1.29, 1.82) is 5.26 Å². The predicted molar refractivity (Wildman–Crippen MR) is 85.6 cm³/mol. The summed E-state index contributed by atoms with van der Waals surface area (Å²) in [5, 5.41) is 11.5. The smallest absolute Gasteiger partial charge is 0.226 e. The normalized spacial score (nSPS) is 16.6. The quantitative estimate of drug-likeness (QED) is 0.869. The van der Waals surface area contributed by atoms with E-state index in [1.165, 1.54) is 6.92 Å². The lowest BCUT2D eigenvalue weighted by molar-refractivity contribution is -0.130. The van der Waals surface area contributed by atoms with Gasteiger partial charge in [0.15, 0.2) is 0 Å². The van der Waals surface area contributed by atoms with Crippen molar-refractivity contribution in [3.05, 3.63) is 29.8 Å². The van der Waals surface area contributed by atoms with Gasteiger partial charge in [0, 0.05) is 38.7 Å². The monoisotopic (exact) mass is 315 g/mol.